The highest BCUT2D eigenvalue weighted by molar-refractivity contribution is 5.78. The Kier molecular flexibility index (Phi) is 5.98. The Hall–Kier alpha value is -2.16. The molecule has 6 nitrogen and oxygen atoms in total. The summed E-state index contributed by atoms with van der Waals surface area (Å²) in [6.07, 6.45) is -3.44. The number of halogens is 3. The van der Waals surface area contributed by atoms with Crippen molar-refractivity contribution in [1.29, 1.82) is 0 Å². The van der Waals surface area contributed by atoms with Gasteiger partial charge >= 0.3 is 12.1 Å². The Balaban J connectivity index is 1.60. The standard InChI is InChI=1S/C23H30F3N3O3/c1-22(2,3)21(31)32-20-16-9-13-8-15(18(16)28-11-14-6-4-5-7-27-14)19(20)29(12-13)17(30)10-23(24,25)26/h4-7,13,15-16,18-20,28H,8-12H2,1-3H3/t13?,15-,16?,18?,19?,20-/m0/s1. The lowest BCUT2D eigenvalue weighted by atomic mass is 9.74. The quantitative estimate of drug-likeness (QED) is 0.693. The fourth-order valence-electron chi connectivity index (χ4n) is 5.65. The molecule has 4 rings (SSSR count). The van der Waals surface area contributed by atoms with Gasteiger partial charge < -0.3 is 15.0 Å². The zero-order valence-electron chi connectivity index (χ0n) is 18.6. The molecule has 32 heavy (non-hydrogen) atoms. The van der Waals surface area contributed by atoms with E-state index in [1.807, 2.05) is 18.2 Å². The Morgan fingerprint density at radius 2 is 1.91 bits per heavy atom. The summed E-state index contributed by atoms with van der Waals surface area (Å²) in [4.78, 5) is 31.1. The van der Waals surface area contributed by atoms with Crippen LogP contribution in [0, 0.1) is 23.2 Å². The second kappa shape index (κ2) is 8.32. The SMILES string of the molecule is CC(C)(C)C(=O)O[C@H]1C2CC3C[C@@H](C2NCc2ccccn2)C1N(C(=O)CC(F)(F)F)C3. The molecular weight excluding hydrogens is 423 g/mol. The van der Waals surface area contributed by atoms with Crippen molar-refractivity contribution < 1.29 is 27.5 Å². The van der Waals surface area contributed by atoms with Crippen LogP contribution in [0.5, 0.6) is 0 Å². The minimum absolute atomic E-state index is 0.0533. The molecule has 2 aliphatic carbocycles. The number of piperidine rings is 1. The van der Waals surface area contributed by atoms with E-state index in [-0.39, 0.29) is 23.8 Å². The van der Waals surface area contributed by atoms with E-state index in [9.17, 15) is 22.8 Å². The summed E-state index contributed by atoms with van der Waals surface area (Å²) >= 11 is 0. The van der Waals surface area contributed by atoms with Crippen molar-refractivity contribution >= 4 is 11.9 Å². The van der Waals surface area contributed by atoms with E-state index in [0.29, 0.717) is 19.5 Å². The van der Waals surface area contributed by atoms with Gasteiger partial charge in [-0.3, -0.25) is 14.6 Å². The first-order valence-corrected chi connectivity index (χ1v) is 11.1. The number of hydrogen-bond donors (Lipinski definition) is 1. The molecule has 0 spiro atoms. The normalized spacial score (nSPS) is 31.6. The minimum atomic E-state index is -4.57. The highest BCUT2D eigenvalue weighted by Crippen LogP contribution is 2.52. The van der Waals surface area contributed by atoms with E-state index >= 15 is 0 Å². The van der Waals surface area contributed by atoms with Crippen molar-refractivity contribution in [1.82, 2.24) is 15.2 Å². The van der Waals surface area contributed by atoms with E-state index in [4.69, 9.17) is 4.74 Å². The predicted molar refractivity (Wildman–Crippen MR) is 110 cm³/mol. The summed E-state index contributed by atoms with van der Waals surface area (Å²) in [7, 11) is 0. The third-order valence-corrected chi connectivity index (χ3v) is 6.92. The van der Waals surface area contributed by atoms with Gasteiger partial charge in [0.2, 0.25) is 5.91 Å². The van der Waals surface area contributed by atoms with Crippen LogP contribution in [0.3, 0.4) is 0 Å². The van der Waals surface area contributed by atoms with E-state index in [2.05, 4.69) is 10.3 Å². The van der Waals surface area contributed by atoms with Gasteiger partial charge in [0.25, 0.3) is 0 Å². The van der Waals surface area contributed by atoms with Crippen LogP contribution < -0.4 is 5.32 Å². The van der Waals surface area contributed by atoms with Gasteiger partial charge in [0.05, 0.1) is 17.2 Å². The molecule has 9 heteroatoms. The van der Waals surface area contributed by atoms with E-state index in [1.165, 1.54) is 4.90 Å². The Morgan fingerprint density at radius 1 is 1.19 bits per heavy atom. The minimum Gasteiger partial charge on any atom is -0.459 e. The average Bonchev–Trinajstić information content (AvgIpc) is 2.80. The second-order valence-corrected chi connectivity index (χ2v) is 10.3. The molecule has 0 aromatic carbocycles. The zero-order valence-corrected chi connectivity index (χ0v) is 18.6. The molecule has 176 valence electrons. The number of fused-ring (bicyclic) bond motifs is 2. The highest BCUT2D eigenvalue weighted by atomic mass is 19.4. The maximum absolute atomic E-state index is 13.0. The third-order valence-electron chi connectivity index (χ3n) is 6.92. The second-order valence-electron chi connectivity index (χ2n) is 10.3. The molecule has 1 saturated heterocycles. The Bertz CT molecular complexity index is 856. The van der Waals surface area contributed by atoms with E-state index in [1.54, 1.807) is 27.0 Å². The van der Waals surface area contributed by atoms with Crippen LogP contribution in [0.25, 0.3) is 0 Å². The molecule has 0 radical (unpaired) electrons. The molecule has 2 heterocycles. The van der Waals surface area contributed by atoms with Gasteiger partial charge in [-0.25, -0.2) is 0 Å². The molecule has 4 unspecified atom stereocenters. The van der Waals surface area contributed by atoms with Gasteiger partial charge in [-0.1, -0.05) is 6.07 Å². The number of ether oxygens (including phenoxy) is 1. The summed E-state index contributed by atoms with van der Waals surface area (Å²) in [6.45, 7) is 6.04. The van der Waals surface area contributed by atoms with Crippen LogP contribution in [-0.4, -0.2) is 52.7 Å². The van der Waals surface area contributed by atoms with Crippen molar-refractivity contribution in [2.24, 2.45) is 23.2 Å². The van der Waals surface area contributed by atoms with Gasteiger partial charge in [0.1, 0.15) is 12.5 Å². The number of hydrogen-bond acceptors (Lipinski definition) is 5. The lowest BCUT2D eigenvalue weighted by Gasteiger charge is -2.45. The molecule has 1 aromatic rings. The molecule has 1 amide bonds. The number of alkyl halides is 3. The number of aromatic nitrogens is 1. The Morgan fingerprint density at radius 3 is 2.53 bits per heavy atom. The van der Waals surface area contributed by atoms with Gasteiger partial charge in [0.15, 0.2) is 0 Å². The van der Waals surface area contributed by atoms with Crippen LogP contribution in [0.4, 0.5) is 13.2 Å². The summed E-state index contributed by atoms with van der Waals surface area (Å²) in [5, 5.41) is 3.52. The number of carbonyl (C=O) groups excluding carboxylic acids is 2. The van der Waals surface area contributed by atoms with Crippen LogP contribution in [0.2, 0.25) is 0 Å². The largest absolute Gasteiger partial charge is 0.459 e. The van der Waals surface area contributed by atoms with E-state index in [0.717, 1.165) is 12.1 Å². The van der Waals surface area contributed by atoms with Gasteiger partial charge in [0, 0.05) is 31.2 Å². The fourth-order valence-corrected chi connectivity index (χ4v) is 5.65. The van der Waals surface area contributed by atoms with Crippen molar-refractivity contribution in [3.8, 4) is 0 Å². The predicted octanol–water partition coefficient (Wildman–Crippen LogP) is 3.32. The molecule has 1 aliphatic heterocycles. The van der Waals surface area contributed by atoms with Crippen molar-refractivity contribution in [3.63, 3.8) is 0 Å². The molecular formula is C23H30F3N3O3. The lowest BCUT2D eigenvalue weighted by molar-refractivity contribution is -0.173. The maximum atomic E-state index is 13.0. The summed E-state index contributed by atoms with van der Waals surface area (Å²) in [6, 6.07) is 5.03. The molecule has 3 fully saturated rings. The van der Waals surface area contributed by atoms with Crippen molar-refractivity contribution in [3.05, 3.63) is 30.1 Å². The fraction of sp³-hybridized carbons (Fsp3) is 0.696. The highest BCUT2D eigenvalue weighted by Gasteiger charge is 2.62. The maximum Gasteiger partial charge on any atom is 0.397 e. The molecule has 2 saturated carbocycles. The number of likely N-dealkylation sites (tertiary alicyclic amines) is 1. The molecule has 3 bridgehead atoms. The monoisotopic (exact) mass is 453 g/mol. The number of amides is 1. The van der Waals surface area contributed by atoms with Crippen molar-refractivity contribution in [2.45, 2.75) is 70.9 Å². The number of carbonyl (C=O) groups is 2. The van der Waals surface area contributed by atoms with E-state index < -0.39 is 42.0 Å². The summed E-state index contributed by atoms with van der Waals surface area (Å²) in [5.41, 5.74) is 0.114. The third kappa shape index (κ3) is 4.63. The first-order valence-electron chi connectivity index (χ1n) is 11.1. The number of pyridine rings is 1. The molecule has 1 aromatic heterocycles. The smallest absolute Gasteiger partial charge is 0.397 e. The molecule has 1 N–H and O–H groups in total. The van der Waals surface area contributed by atoms with Gasteiger partial charge in [-0.2, -0.15) is 13.2 Å². The van der Waals surface area contributed by atoms with Crippen LogP contribution in [0.1, 0.15) is 45.7 Å². The lowest BCUT2D eigenvalue weighted by Crippen LogP contribution is -2.56. The van der Waals surface area contributed by atoms with Crippen LogP contribution in [-0.2, 0) is 20.9 Å². The van der Waals surface area contributed by atoms with Crippen LogP contribution >= 0.6 is 0 Å². The molecule has 6 atom stereocenters. The summed E-state index contributed by atoms with van der Waals surface area (Å²) < 4.78 is 45.0. The topological polar surface area (TPSA) is 71.5 Å². The Labute approximate surface area is 185 Å². The number of rotatable bonds is 5. The number of nitrogens with one attached hydrogen (secondary N) is 1. The van der Waals surface area contributed by atoms with Gasteiger partial charge in [-0.05, 0) is 57.6 Å². The van der Waals surface area contributed by atoms with Crippen molar-refractivity contribution in [2.75, 3.05) is 6.54 Å². The molecule has 3 aliphatic rings. The first-order chi connectivity index (χ1) is 14.9. The van der Waals surface area contributed by atoms with Crippen LogP contribution in [0.15, 0.2) is 24.4 Å². The summed E-state index contributed by atoms with van der Waals surface area (Å²) in [5.74, 6) is -1.33. The van der Waals surface area contributed by atoms with Gasteiger partial charge in [-0.15, -0.1) is 0 Å². The zero-order chi connectivity index (χ0) is 23.3. The number of esters is 1. The number of nitrogens with zero attached hydrogens (tertiary/aromatic N) is 2. The average molecular weight is 454 g/mol. The first kappa shape index (κ1) is 23.0.